The number of aliphatic imine (C=N–C) groups is 1. The summed E-state index contributed by atoms with van der Waals surface area (Å²) in [6, 6.07) is 3.60. The zero-order valence-corrected chi connectivity index (χ0v) is 21.3. The number of nitrogens with two attached hydrogens (primary N) is 4. The van der Waals surface area contributed by atoms with E-state index in [1.165, 1.54) is 0 Å². The lowest BCUT2D eigenvalue weighted by molar-refractivity contribution is -0.142. The van der Waals surface area contributed by atoms with Crippen LogP contribution < -0.4 is 38.9 Å². The number of carboxylic acids is 1. The molecule has 3 unspecified atom stereocenters. The summed E-state index contributed by atoms with van der Waals surface area (Å²) in [6.07, 6.45) is 1.61. The van der Waals surface area contributed by atoms with Gasteiger partial charge >= 0.3 is 5.97 Å². The van der Waals surface area contributed by atoms with E-state index in [0.717, 1.165) is 10.9 Å². The van der Waals surface area contributed by atoms with Crippen molar-refractivity contribution in [3.05, 3.63) is 36.0 Å². The Kier molecular flexibility index (Phi) is 11.7. The summed E-state index contributed by atoms with van der Waals surface area (Å²) in [5.74, 6) is -4.31. The van der Waals surface area contributed by atoms with Crippen molar-refractivity contribution in [2.75, 3.05) is 13.1 Å². The molecule has 1 aromatic heterocycles. The van der Waals surface area contributed by atoms with E-state index in [-0.39, 0.29) is 44.6 Å². The number of rotatable bonds is 16. The number of aliphatic carboxylic acids is 1. The Labute approximate surface area is 224 Å². The van der Waals surface area contributed by atoms with Gasteiger partial charge in [0.1, 0.15) is 18.1 Å². The lowest BCUT2D eigenvalue weighted by Gasteiger charge is -2.24. The zero-order chi connectivity index (χ0) is 28.9. The molecule has 1 aromatic carbocycles. The van der Waals surface area contributed by atoms with Gasteiger partial charge in [-0.2, -0.15) is 0 Å². The van der Waals surface area contributed by atoms with Gasteiger partial charge < -0.3 is 49.0 Å². The van der Waals surface area contributed by atoms with E-state index in [1.54, 1.807) is 6.20 Å². The number of fused-ring (bicyclic) bond motifs is 1. The first-order valence-electron chi connectivity index (χ1n) is 12.2. The number of guanidine groups is 1. The number of benzene rings is 1. The Morgan fingerprint density at radius 1 is 0.923 bits per heavy atom. The number of primary amides is 1. The van der Waals surface area contributed by atoms with Crippen molar-refractivity contribution < 1.29 is 29.1 Å². The predicted octanol–water partition coefficient (Wildman–Crippen LogP) is -2.47. The topological polar surface area (TPSA) is 274 Å². The van der Waals surface area contributed by atoms with Crippen molar-refractivity contribution in [1.29, 1.82) is 0 Å². The number of carbonyl (C=O) groups excluding carboxylic acids is 4. The van der Waals surface area contributed by atoms with Gasteiger partial charge in [0.15, 0.2) is 5.96 Å². The molecule has 0 bridgehead atoms. The zero-order valence-electron chi connectivity index (χ0n) is 21.3. The Morgan fingerprint density at radius 2 is 1.56 bits per heavy atom. The molecular formula is C24H35N9O6. The molecule has 0 saturated heterocycles. The maximum Gasteiger partial charge on any atom is 0.326 e. The van der Waals surface area contributed by atoms with Crippen LogP contribution in [0.25, 0.3) is 10.9 Å². The van der Waals surface area contributed by atoms with E-state index in [0.29, 0.717) is 5.56 Å². The number of carboxylic acid groups (broad SMARTS) is 1. The van der Waals surface area contributed by atoms with Crippen LogP contribution in [0.1, 0.15) is 31.2 Å². The normalized spacial score (nSPS) is 13.1. The van der Waals surface area contributed by atoms with Gasteiger partial charge in [-0.25, -0.2) is 4.79 Å². The molecule has 0 radical (unpaired) electrons. The second kappa shape index (κ2) is 14.9. The highest BCUT2D eigenvalue weighted by Crippen LogP contribution is 2.19. The van der Waals surface area contributed by atoms with Crippen LogP contribution in [-0.4, -0.2) is 76.9 Å². The number of H-pyrrole nitrogens is 1. The fourth-order valence-electron chi connectivity index (χ4n) is 3.85. The summed E-state index contributed by atoms with van der Waals surface area (Å²) < 4.78 is 0. The van der Waals surface area contributed by atoms with Crippen LogP contribution in [0.2, 0.25) is 0 Å². The third-order valence-electron chi connectivity index (χ3n) is 5.81. The molecule has 0 fully saturated rings. The number of aromatic nitrogens is 1. The Balaban J connectivity index is 2.21. The number of hydrogen-bond donors (Lipinski definition) is 9. The molecule has 2 aromatic rings. The van der Waals surface area contributed by atoms with Crippen molar-refractivity contribution >= 4 is 46.5 Å². The molecule has 13 N–H and O–H groups in total. The number of hydrogen-bond acceptors (Lipinski definition) is 7. The number of nitrogens with one attached hydrogen (secondary N) is 4. The van der Waals surface area contributed by atoms with Crippen LogP contribution in [-0.2, 0) is 30.4 Å². The summed E-state index contributed by atoms with van der Waals surface area (Å²) in [5.41, 5.74) is 22.6. The first-order valence-corrected chi connectivity index (χ1v) is 12.2. The number of amides is 4. The van der Waals surface area contributed by atoms with Gasteiger partial charge in [0.2, 0.25) is 23.6 Å². The molecular weight excluding hydrogens is 510 g/mol. The Morgan fingerprint density at radius 3 is 2.18 bits per heavy atom. The minimum Gasteiger partial charge on any atom is -0.480 e. The third kappa shape index (κ3) is 9.96. The van der Waals surface area contributed by atoms with E-state index in [4.69, 9.17) is 22.9 Å². The molecule has 1 heterocycles. The van der Waals surface area contributed by atoms with Crippen LogP contribution in [0.3, 0.4) is 0 Å². The first kappa shape index (κ1) is 30.6. The monoisotopic (exact) mass is 545 g/mol. The van der Waals surface area contributed by atoms with Crippen LogP contribution >= 0.6 is 0 Å². The van der Waals surface area contributed by atoms with Crippen LogP contribution in [0.4, 0.5) is 0 Å². The maximum absolute atomic E-state index is 13.2. The SMILES string of the molecule is NCC(=O)NC(CCC(N)=O)C(=O)NC(CCCN=C(N)N)C(=O)NC(Cc1c[nH]c2ccccc12)C(=O)O. The van der Waals surface area contributed by atoms with Crippen LogP contribution in [0.5, 0.6) is 0 Å². The molecule has 0 spiro atoms. The molecule has 39 heavy (non-hydrogen) atoms. The van der Waals surface area contributed by atoms with Gasteiger partial charge in [-0.3, -0.25) is 24.2 Å². The van der Waals surface area contributed by atoms with Gasteiger partial charge in [0, 0.05) is 36.5 Å². The highest BCUT2D eigenvalue weighted by Gasteiger charge is 2.30. The lowest BCUT2D eigenvalue weighted by atomic mass is 10.0. The molecule has 15 heteroatoms. The van der Waals surface area contributed by atoms with Crippen molar-refractivity contribution in [3.8, 4) is 0 Å². The van der Waals surface area contributed by atoms with Crippen LogP contribution in [0.15, 0.2) is 35.5 Å². The second-order valence-electron chi connectivity index (χ2n) is 8.80. The smallest absolute Gasteiger partial charge is 0.326 e. The van der Waals surface area contributed by atoms with E-state index >= 15 is 0 Å². The molecule has 4 amide bonds. The highest BCUT2D eigenvalue weighted by molar-refractivity contribution is 5.94. The van der Waals surface area contributed by atoms with Crippen molar-refractivity contribution in [1.82, 2.24) is 20.9 Å². The average Bonchev–Trinajstić information content (AvgIpc) is 3.29. The molecule has 0 aliphatic heterocycles. The van der Waals surface area contributed by atoms with Gasteiger partial charge in [0.25, 0.3) is 0 Å². The highest BCUT2D eigenvalue weighted by atomic mass is 16.4. The number of carbonyl (C=O) groups is 5. The summed E-state index contributed by atoms with van der Waals surface area (Å²) in [5, 5.41) is 18.0. The molecule has 0 saturated carbocycles. The van der Waals surface area contributed by atoms with Crippen molar-refractivity contribution in [3.63, 3.8) is 0 Å². The third-order valence-corrected chi connectivity index (χ3v) is 5.81. The predicted molar refractivity (Wildman–Crippen MR) is 143 cm³/mol. The molecule has 3 atom stereocenters. The minimum atomic E-state index is -1.31. The Bertz CT molecular complexity index is 1210. The Hall–Kier alpha value is -4.66. The molecule has 0 aliphatic carbocycles. The molecule has 15 nitrogen and oxygen atoms in total. The summed E-state index contributed by atoms with van der Waals surface area (Å²) in [4.78, 5) is 68.2. The van der Waals surface area contributed by atoms with Crippen molar-refractivity contribution in [2.24, 2.45) is 27.9 Å². The number of para-hydroxylation sites is 1. The quantitative estimate of drug-likeness (QED) is 0.0613. The number of aromatic amines is 1. The van der Waals surface area contributed by atoms with Crippen LogP contribution in [0, 0.1) is 0 Å². The molecule has 0 aliphatic rings. The van der Waals surface area contributed by atoms with E-state index in [1.807, 2.05) is 24.3 Å². The largest absolute Gasteiger partial charge is 0.480 e. The molecule has 2 rings (SSSR count). The maximum atomic E-state index is 13.2. The standard InChI is InChI=1S/C24H35N9O6/c25-11-20(35)31-17(7-8-19(26)34)22(37)32-16(6-3-9-29-24(27)28)21(36)33-18(23(38)39)10-13-12-30-15-5-2-1-4-14(13)15/h1-2,4-5,12,16-18,30H,3,6-11,25H2,(H2,26,34)(H,31,35)(H,32,37)(H,33,36)(H,38,39)(H4,27,28,29). The minimum absolute atomic E-state index is 0.0203. The van der Waals surface area contributed by atoms with E-state index in [9.17, 15) is 29.1 Å². The lowest BCUT2D eigenvalue weighted by Crippen LogP contribution is -2.56. The fourth-order valence-corrected chi connectivity index (χ4v) is 3.85. The van der Waals surface area contributed by atoms with Gasteiger partial charge in [-0.05, 0) is 30.9 Å². The van der Waals surface area contributed by atoms with Gasteiger partial charge in [0.05, 0.1) is 6.54 Å². The van der Waals surface area contributed by atoms with E-state index < -0.39 is 54.3 Å². The van der Waals surface area contributed by atoms with Gasteiger partial charge in [-0.15, -0.1) is 0 Å². The summed E-state index contributed by atoms with van der Waals surface area (Å²) in [6.45, 7) is -0.258. The first-order chi connectivity index (χ1) is 18.5. The van der Waals surface area contributed by atoms with Gasteiger partial charge in [-0.1, -0.05) is 18.2 Å². The second-order valence-corrected chi connectivity index (χ2v) is 8.80. The summed E-state index contributed by atoms with van der Waals surface area (Å²) >= 11 is 0. The van der Waals surface area contributed by atoms with E-state index in [2.05, 4.69) is 25.9 Å². The average molecular weight is 546 g/mol. The van der Waals surface area contributed by atoms with Crippen molar-refractivity contribution in [2.45, 2.75) is 50.2 Å². The molecule has 212 valence electrons. The number of nitrogens with zero attached hydrogens (tertiary/aromatic N) is 1. The fraction of sp³-hybridized carbons (Fsp3) is 0.417. The summed E-state index contributed by atoms with van der Waals surface area (Å²) in [7, 11) is 0.